The molecule has 0 bridgehead atoms. The van der Waals surface area contributed by atoms with E-state index in [9.17, 15) is 24.3 Å². The number of ether oxygens (including phenoxy) is 1. The summed E-state index contributed by atoms with van der Waals surface area (Å²) < 4.78 is 7.37. The number of hydrogen-bond donors (Lipinski definition) is 1. The minimum atomic E-state index is -0.775. The Labute approximate surface area is 275 Å². The first kappa shape index (κ1) is 28.5. The largest absolute Gasteiger partial charge is 0.504 e. The van der Waals surface area contributed by atoms with Gasteiger partial charge in [-0.15, -0.1) is 0 Å². The van der Waals surface area contributed by atoms with E-state index in [1.807, 2.05) is 30.3 Å². The van der Waals surface area contributed by atoms with Crippen LogP contribution in [-0.4, -0.2) is 35.8 Å². The number of nitrogens with zero attached hydrogens (tertiary/aromatic N) is 2. The van der Waals surface area contributed by atoms with Crippen molar-refractivity contribution in [2.75, 3.05) is 16.9 Å². The van der Waals surface area contributed by atoms with Crippen molar-refractivity contribution in [3.63, 3.8) is 0 Å². The van der Waals surface area contributed by atoms with Crippen molar-refractivity contribution in [2.45, 2.75) is 18.8 Å². The fraction of sp³-hybridized carbons (Fsp3) is 0.273. The second-order valence-electron chi connectivity index (χ2n) is 11.4. The lowest BCUT2D eigenvalue weighted by molar-refractivity contribution is -0.126. The molecule has 1 saturated carbocycles. The molecule has 0 radical (unpaired) electrons. The van der Waals surface area contributed by atoms with E-state index in [4.69, 9.17) is 4.74 Å². The number of imide groups is 2. The number of allylic oxidation sites excluding steroid dienone is 2. The minimum absolute atomic E-state index is 0.0975. The molecule has 4 aliphatic rings. The molecule has 43 heavy (non-hydrogen) atoms. The Bertz CT molecular complexity index is 1720. The number of anilines is 2. The van der Waals surface area contributed by atoms with Crippen LogP contribution in [0.4, 0.5) is 11.4 Å². The standard InChI is InChI=1S/C33H26I2N2O6/c1-43-25-4-2-3-21(29(25)38)26-20-13-14-22-27(32(41)36(30(22)39)18-9-5-16(34)6-10-18)23(20)15-24-28(26)33(42)37(31(24)40)19-11-7-17(35)8-12-19/h2-13,22-24,26-28,38H,14-15H2,1H3. The zero-order valence-electron chi connectivity index (χ0n) is 22.9. The van der Waals surface area contributed by atoms with Gasteiger partial charge in [0.2, 0.25) is 23.6 Å². The summed E-state index contributed by atoms with van der Waals surface area (Å²) in [5.74, 6) is -4.87. The lowest BCUT2D eigenvalue weighted by Gasteiger charge is -2.44. The lowest BCUT2D eigenvalue weighted by atomic mass is 9.57. The van der Waals surface area contributed by atoms with Gasteiger partial charge in [-0.2, -0.15) is 0 Å². The van der Waals surface area contributed by atoms with Gasteiger partial charge in [-0.3, -0.25) is 29.0 Å². The molecular formula is C33H26I2N2O6. The first-order chi connectivity index (χ1) is 20.7. The van der Waals surface area contributed by atoms with Crippen LogP contribution in [0, 0.1) is 36.7 Å². The molecule has 0 spiro atoms. The van der Waals surface area contributed by atoms with Gasteiger partial charge in [-0.25, -0.2) is 0 Å². The maximum atomic E-state index is 14.2. The first-order valence-corrected chi connectivity index (χ1v) is 16.2. The van der Waals surface area contributed by atoms with Gasteiger partial charge in [-0.05, 0) is 119 Å². The van der Waals surface area contributed by atoms with Crippen LogP contribution in [-0.2, 0) is 19.2 Å². The van der Waals surface area contributed by atoms with E-state index in [2.05, 4.69) is 45.2 Å². The number of methoxy groups -OCH3 is 1. The number of phenolic OH excluding ortho intramolecular Hbond substituents is 1. The van der Waals surface area contributed by atoms with Gasteiger partial charge >= 0.3 is 0 Å². The molecule has 8 nitrogen and oxygen atoms in total. The Morgan fingerprint density at radius 1 is 0.721 bits per heavy atom. The Hall–Kier alpha value is -3.26. The molecular weight excluding hydrogens is 774 g/mol. The molecule has 1 N–H and O–H groups in total. The molecule has 3 fully saturated rings. The second kappa shape index (κ2) is 10.7. The van der Waals surface area contributed by atoms with Crippen LogP contribution >= 0.6 is 45.2 Å². The number of phenols is 1. The molecule has 4 amide bonds. The van der Waals surface area contributed by atoms with Crippen molar-refractivity contribution in [3.8, 4) is 11.5 Å². The van der Waals surface area contributed by atoms with Crippen LogP contribution in [0.3, 0.4) is 0 Å². The van der Waals surface area contributed by atoms with Crippen LogP contribution in [0.1, 0.15) is 24.3 Å². The van der Waals surface area contributed by atoms with Crippen molar-refractivity contribution in [2.24, 2.45) is 29.6 Å². The Morgan fingerprint density at radius 3 is 1.86 bits per heavy atom. The summed E-state index contributed by atoms with van der Waals surface area (Å²) in [5.41, 5.74) is 2.31. The van der Waals surface area contributed by atoms with Crippen molar-refractivity contribution < 1.29 is 29.0 Å². The predicted octanol–water partition coefficient (Wildman–Crippen LogP) is 5.66. The lowest BCUT2D eigenvalue weighted by Crippen LogP contribution is -2.43. The Balaban J connectivity index is 1.35. The van der Waals surface area contributed by atoms with Gasteiger partial charge in [-0.1, -0.05) is 23.8 Å². The molecule has 2 heterocycles. The fourth-order valence-corrected chi connectivity index (χ4v) is 8.30. The van der Waals surface area contributed by atoms with E-state index in [0.717, 1.165) is 12.7 Å². The summed E-state index contributed by atoms with van der Waals surface area (Å²) in [7, 11) is 1.46. The summed E-state index contributed by atoms with van der Waals surface area (Å²) in [6.07, 6.45) is 2.58. The third-order valence-corrected chi connectivity index (χ3v) is 10.8. The van der Waals surface area contributed by atoms with Crippen LogP contribution in [0.5, 0.6) is 11.5 Å². The molecule has 218 valence electrons. The highest BCUT2D eigenvalue weighted by atomic mass is 127. The van der Waals surface area contributed by atoms with Crippen LogP contribution in [0.2, 0.25) is 0 Å². The smallest absolute Gasteiger partial charge is 0.238 e. The Morgan fingerprint density at radius 2 is 1.28 bits per heavy atom. The highest BCUT2D eigenvalue weighted by Crippen LogP contribution is 2.59. The normalized spacial score (nSPS) is 28.0. The van der Waals surface area contributed by atoms with Crippen molar-refractivity contribution >= 4 is 80.2 Å². The summed E-state index contributed by atoms with van der Waals surface area (Å²) in [6.45, 7) is 0. The monoisotopic (exact) mass is 800 g/mol. The van der Waals surface area contributed by atoms with Crippen molar-refractivity contribution in [3.05, 3.63) is 91.1 Å². The van der Waals surface area contributed by atoms with Gasteiger partial charge in [0.1, 0.15) is 0 Å². The molecule has 2 aliphatic carbocycles. The van der Waals surface area contributed by atoms with Crippen molar-refractivity contribution in [1.29, 1.82) is 0 Å². The van der Waals surface area contributed by atoms with E-state index >= 15 is 0 Å². The summed E-state index contributed by atoms with van der Waals surface area (Å²) in [4.78, 5) is 58.6. The average Bonchev–Trinajstić information content (AvgIpc) is 3.41. The summed E-state index contributed by atoms with van der Waals surface area (Å²) in [6, 6.07) is 19.6. The zero-order valence-corrected chi connectivity index (χ0v) is 27.3. The third kappa shape index (κ3) is 4.34. The fourth-order valence-electron chi connectivity index (χ4n) is 7.58. The second-order valence-corrected chi connectivity index (χ2v) is 13.9. The number of para-hydroxylation sites is 1. The number of aromatic hydroxyl groups is 1. The van der Waals surface area contributed by atoms with E-state index in [1.54, 1.807) is 42.5 Å². The molecule has 3 aromatic rings. The first-order valence-electron chi connectivity index (χ1n) is 14.0. The van der Waals surface area contributed by atoms with Gasteiger partial charge in [0.25, 0.3) is 0 Å². The van der Waals surface area contributed by atoms with E-state index < -0.39 is 35.5 Å². The van der Waals surface area contributed by atoms with Gasteiger partial charge in [0, 0.05) is 18.6 Å². The molecule has 0 aromatic heterocycles. The van der Waals surface area contributed by atoms with E-state index in [1.165, 1.54) is 16.9 Å². The average molecular weight is 800 g/mol. The highest BCUT2D eigenvalue weighted by molar-refractivity contribution is 14.1. The van der Waals surface area contributed by atoms with Crippen molar-refractivity contribution in [1.82, 2.24) is 0 Å². The topological polar surface area (TPSA) is 104 Å². The molecule has 2 aliphatic heterocycles. The van der Waals surface area contributed by atoms with Gasteiger partial charge in [0.15, 0.2) is 11.5 Å². The molecule has 10 heteroatoms. The van der Waals surface area contributed by atoms with E-state index in [-0.39, 0.29) is 41.5 Å². The molecule has 2 saturated heterocycles. The van der Waals surface area contributed by atoms with Crippen LogP contribution < -0.4 is 14.5 Å². The number of benzene rings is 3. The molecule has 3 aromatic carbocycles. The summed E-state index contributed by atoms with van der Waals surface area (Å²) in [5, 5.41) is 11.3. The number of hydrogen-bond acceptors (Lipinski definition) is 6. The maximum absolute atomic E-state index is 14.2. The zero-order chi connectivity index (χ0) is 30.2. The number of amides is 4. The van der Waals surface area contributed by atoms with Crippen LogP contribution in [0.15, 0.2) is 78.4 Å². The number of rotatable bonds is 4. The number of carbonyl (C=O) groups excluding carboxylic acids is 4. The van der Waals surface area contributed by atoms with Crippen LogP contribution in [0.25, 0.3) is 0 Å². The number of fused-ring (bicyclic) bond motifs is 4. The van der Waals surface area contributed by atoms with Gasteiger partial charge < -0.3 is 9.84 Å². The van der Waals surface area contributed by atoms with E-state index in [0.29, 0.717) is 23.4 Å². The minimum Gasteiger partial charge on any atom is -0.504 e. The van der Waals surface area contributed by atoms with Gasteiger partial charge in [0.05, 0.1) is 42.2 Å². The number of halogens is 2. The quantitative estimate of drug-likeness (QED) is 0.208. The SMILES string of the molecule is COc1cccc(C2C3=CCC4C(=O)N(c5ccc(I)cc5)C(=O)C4C3CC3C(=O)N(c4ccc(I)cc4)C(=O)C32)c1O. The number of carbonyl (C=O) groups is 4. The Kier molecular flexibility index (Phi) is 7.11. The molecule has 6 unspecified atom stereocenters. The highest BCUT2D eigenvalue weighted by Gasteiger charge is 2.62. The predicted molar refractivity (Wildman–Crippen MR) is 175 cm³/mol. The molecule has 7 rings (SSSR count). The summed E-state index contributed by atoms with van der Waals surface area (Å²) >= 11 is 4.35. The third-order valence-electron chi connectivity index (χ3n) is 9.40. The maximum Gasteiger partial charge on any atom is 0.238 e. The molecule has 6 atom stereocenters.